The number of ether oxygens (including phenoxy) is 3. The molecule has 0 spiro atoms. The van der Waals surface area contributed by atoms with Crippen LogP contribution in [-0.4, -0.2) is 37.2 Å². The van der Waals surface area contributed by atoms with E-state index in [1.165, 1.54) is 161 Å². The summed E-state index contributed by atoms with van der Waals surface area (Å²) in [6.07, 6.45) is 42.4. The molecule has 0 fully saturated rings. The molecular weight excluding hydrogens is 673 g/mol. The van der Waals surface area contributed by atoms with Gasteiger partial charge in [-0.15, -0.1) is 0 Å². The summed E-state index contributed by atoms with van der Waals surface area (Å²) in [7, 11) is 0. The first kappa shape index (κ1) is 52.4. The lowest BCUT2D eigenvalue weighted by molar-refractivity contribution is -0.167. The summed E-state index contributed by atoms with van der Waals surface area (Å²) in [5, 5.41) is 0. The minimum absolute atomic E-state index is 0.0635. The molecule has 6 nitrogen and oxygen atoms in total. The Hall–Kier alpha value is -1.59. The van der Waals surface area contributed by atoms with E-state index in [2.05, 4.69) is 27.7 Å². The second-order valence-electron chi connectivity index (χ2n) is 16.9. The Morgan fingerprint density at radius 1 is 0.352 bits per heavy atom. The molecule has 0 N–H and O–H groups in total. The molecule has 0 heterocycles. The Bertz CT molecular complexity index is 811. The van der Waals surface area contributed by atoms with Crippen molar-refractivity contribution in [2.24, 2.45) is 5.92 Å². The van der Waals surface area contributed by atoms with Gasteiger partial charge in [-0.05, 0) is 25.2 Å². The van der Waals surface area contributed by atoms with Gasteiger partial charge in [-0.25, -0.2) is 0 Å². The number of esters is 3. The molecule has 54 heavy (non-hydrogen) atoms. The maximum atomic E-state index is 12.7. The predicted octanol–water partition coefficient (Wildman–Crippen LogP) is 15.1. The molecule has 0 saturated carbocycles. The van der Waals surface area contributed by atoms with E-state index >= 15 is 0 Å². The van der Waals surface area contributed by atoms with Gasteiger partial charge < -0.3 is 14.2 Å². The molecule has 0 bridgehead atoms. The van der Waals surface area contributed by atoms with Crippen molar-refractivity contribution in [3.8, 4) is 0 Å². The Balaban J connectivity index is 4.19. The molecule has 0 aromatic rings. The van der Waals surface area contributed by atoms with Crippen molar-refractivity contribution in [2.45, 2.75) is 271 Å². The fourth-order valence-electron chi connectivity index (χ4n) is 7.16. The lowest BCUT2D eigenvalue weighted by Gasteiger charge is -2.18. The van der Waals surface area contributed by atoms with E-state index in [0.717, 1.165) is 63.7 Å². The summed E-state index contributed by atoms with van der Waals surface area (Å²) in [6, 6.07) is 0. The van der Waals surface area contributed by atoms with Crippen molar-refractivity contribution in [3.63, 3.8) is 0 Å². The first-order chi connectivity index (χ1) is 26.4. The summed E-state index contributed by atoms with van der Waals surface area (Å²) in [5.41, 5.74) is 0. The Morgan fingerprint density at radius 2 is 0.611 bits per heavy atom. The molecule has 0 rings (SSSR count). The molecule has 0 aliphatic carbocycles. The van der Waals surface area contributed by atoms with Crippen molar-refractivity contribution in [1.82, 2.24) is 0 Å². The second kappa shape index (κ2) is 42.6. The topological polar surface area (TPSA) is 78.9 Å². The zero-order valence-corrected chi connectivity index (χ0v) is 36.7. The van der Waals surface area contributed by atoms with Crippen LogP contribution in [0.15, 0.2) is 0 Å². The first-order valence-electron chi connectivity index (χ1n) is 23.9. The van der Waals surface area contributed by atoms with E-state index in [1.807, 2.05) is 0 Å². The summed E-state index contributed by atoms with van der Waals surface area (Å²) < 4.78 is 16.7. The molecule has 0 aromatic carbocycles. The van der Waals surface area contributed by atoms with Crippen LogP contribution in [0.3, 0.4) is 0 Å². The number of unbranched alkanes of at least 4 members (excludes halogenated alkanes) is 30. The van der Waals surface area contributed by atoms with Crippen LogP contribution in [0.2, 0.25) is 0 Å². The average Bonchev–Trinajstić information content (AvgIpc) is 3.15. The number of carbonyl (C=O) groups is 3. The summed E-state index contributed by atoms with van der Waals surface area (Å²) in [4.78, 5) is 37.6. The second-order valence-corrected chi connectivity index (χ2v) is 16.9. The zero-order valence-electron chi connectivity index (χ0n) is 36.7. The van der Waals surface area contributed by atoms with E-state index < -0.39 is 6.10 Å². The number of hydrogen-bond donors (Lipinski definition) is 0. The van der Waals surface area contributed by atoms with Gasteiger partial charge in [-0.2, -0.15) is 0 Å². The largest absolute Gasteiger partial charge is 0.462 e. The third-order valence-corrected chi connectivity index (χ3v) is 10.8. The molecular formula is C48H92O6. The Labute approximate surface area is 336 Å². The number of rotatable bonds is 43. The molecule has 0 aliphatic heterocycles. The third kappa shape index (κ3) is 41.6. The summed E-state index contributed by atoms with van der Waals surface area (Å²) in [5.74, 6) is -0.00656. The maximum Gasteiger partial charge on any atom is 0.306 e. The van der Waals surface area contributed by atoms with Crippen LogP contribution >= 0.6 is 0 Å². The van der Waals surface area contributed by atoms with E-state index in [-0.39, 0.29) is 31.1 Å². The standard InChI is InChI=1S/C48H92O6/c1-5-7-9-11-13-22-27-31-35-39-46(49)52-42-45(54-48(51)41-37-33-29-23-14-12-10-8-6-2)43-53-47(50)40-36-32-28-25-21-19-17-15-16-18-20-24-26-30-34-38-44(3)4/h44-45H,5-43H2,1-4H3/t45-/m1/s1. The molecule has 0 aromatic heterocycles. The highest BCUT2D eigenvalue weighted by atomic mass is 16.6. The highest BCUT2D eigenvalue weighted by Gasteiger charge is 2.19. The van der Waals surface area contributed by atoms with Gasteiger partial charge in [-0.3, -0.25) is 14.4 Å². The molecule has 6 heteroatoms. The third-order valence-electron chi connectivity index (χ3n) is 10.8. The molecule has 0 saturated heterocycles. The van der Waals surface area contributed by atoms with Crippen LogP contribution < -0.4 is 0 Å². The van der Waals surface area contributed by atoms with Crippen LogP contribution in [0.4, 0.5) is 0 Å². The van der Waals surface area contributed by atoms with Crippen LogP contribution in [-0.2, 0) is 28.6 Å². The minimum Gasteiger partial charge on any atom is -0.462 e. The van der Waals surface area contributed by atoms with E-state index in [1.54, 1.807) is 0 Å². The van der Waals surface area contributed by atoms with Gasteiger partial charge in [0.2, 0.25) is 0 Å². The fourth-order valence-corrected chi connectivity index (χ4v) is 7.16. The summed E-state index contributed by atoms with van der Waals surface area (Å²) in [6.45, 7) is 8.98. The highest BCUT2D eigenvalue weighted by Crippen LogP contribution is 2.16. The molecule has 320 valence electrons. The highest BCUT2D eigenvalue weighted by molar-refractivity contribution is 5.71. The van der Waals surface area contributed by atoms with E-state index in [0.29, 0.717) is 19.3 Å². The predicted molar refractivity (Wildman–Crippen MR) is 229 cm³/mol. The van der Waals surface area contributed by atoms with Crippen molar-refractivity contribution in [2.75, 3.05) is 13.2 Å². The van der Waals surface area contributed by atoms with Crippen LogP contribution in [0, 0.1) is 5.92 Å². The van der Waals surface area contributed by atoms with Crippen LogP contribution in [0.1, 0.15) is 265 Å². The van der Waals surface area contributed by atoms with Crippen molar-refractivity contribution < 1.29 is 28.6 Å². The van der Waals surface area contributed by atoms with Crippen LogP contribution in [0.5, 0.6) is 0 Å². The molecule has 0 unspecified atom stereocenters. The van der Waals surface area contributed by atoms with Gasteiger partial charge in [0.15, 0.2) is 6.10 Å². The monoisotopic (exact) mass is 765 g/mol. The minimum atomic E-state index is -0.758. The van der Waals surface area contributed by atoms with Crippen LogP contribution in [0.25, 0.3) is 0 Å². The smallest absolute Gasteiger partial charge is 0.306 e. The fraction of sp³-hybridized carbons (Fsp3) is 0.938. The number of hydrogen-bond acceptors (Lipinski definition) is 6. The number of carbonyl (C=O) groups excluding carboxylic acids is 3. The van der Waals surface area contributed by atoms with E-state index in [9.17, 15) is 14.4 Å². The first-order valence-corrected chi connectivity index (χ1v) is 23.9. The average molecular weight is 765 g/mol. The molecule has 0 aliphatic rings. The SMILES string of the molecule is CCCCCCCCCCCC(=O)OC[C@H](COC(=O)CCCCCCCCCCCCCCCCCC(C)C)OC(=O)CCCCCCCCCCC. The Kier molecular flexibility index (Phi) is 41.3. The van der Waals surface area contributed by atoms with Crippen molar-refractivity contribution in [3.05, 3.63) is 0 Å². The maximum absolute atomic E-state index is 12.7. The molecule has 0 radical (unpaired) electrons. The Morgan fingerprint density at radius 3 is 0.907 bits per heavy atom. The lowest BCUT2D eigenvalue weighted by Crippen LogP contribution is -2.30. The molecule has 1 atom stereocenters. The van der Waals surface area contributed by atoms with Gasteiger partial charge in [0, 0.05) is 19.3 Å². The van der Waals surface area contributed by atoms with Gasteiger partial charge in [0.1, 0.15) is 13.2 Å². The quantitative estimate of drug-likeness (QED) is 0.0349. The van der Waals surface area contributed by atoms with E-state index in [4.69, 9.17) is 14.2 Å². The normalized spacial score (nSPS) is 11.9. The van der Waals surface area contributed by atoms with Gasteiger partial charge in [0.25, 0.3) is 0 Å². The van der Waals surface area contributed by atoms with Gasteiger partial charge >= 0.3 is 17.9 Å². The molecule has 0 amide bonds. The van der Waals surface area contributed by atoms with Gasteiger partial charge in [-0.1, -0.05) is 227 Å². The van der Waals surface area contributed by atoms with Crippen molar-refractivity contribution >= 4 is 17.9 Å². The zero-order chi connectivity index (χ0) is 39.6. The van der Waals surface area contributed by atoms with Gasteiger partial charge in [0.05, 0.1) is 0 Å². The van der Waals surface area contributed by atoms with Crippen molar-refractivity contribution in [1.29, 1.82) is 0 Å². The summed E-state index contributed by atoms with van der Waals surface area (Å²) >= 11 is 0. The lowest BCUT2D eigenvalue weighted by atomic mass is 10.0.